The normalized spacial score (nSPS) is 25.4. The molecule has 2 rings (SSSR count). The molecule has 0 spiro atoms. The van der Waals surface area contributed by atoms with Crippen molar-refractivity contribution in [2.45, 2.75) is 25.9 Å². The third-order valence-electron chi connectivity index (χ3n) is 4.91. The number of aliphatic hydroxyl groups excluding tert-OH is 1. The van der Waals surface area contributed by atoms with E-state index in [2.05, 4.69) is 0 Å². The van der Waals surface area contributed by atoms with Gasteiger partial charge in [-0.25, -0.2) is 0 Å². The van der Waals surface area contributed by atoms with Crippen LogP contribution in [-0.2, 0) is 4.79 Å². The van der Waals surface area contributed by atoms with Crippen LogP contribution in [0.4, 0.5) is 0 Å². The summed E-state index contributed by atoms with van der Waals surface area (Å²) in [6.45, 7) is 4.82. The highest BCUT2D eigenvalue weighted by Crippen LogP contribution is 2.46. The summed E-state index contributed by atoms with van der Waals surface area (Å²) in [4.78, 5) is 14.1. The molecule has 1 aromatic rings. The lowest BCUT2D eigenvalue weighted by molar-refractivity contribution is -0.128. The van der Waals surface area contributed by atoms with Crippen molar-refractivity contribution < 1.29 is 19.7 Å². The lowest BCUT2D eigenvalue weighted by Crippen LogP contribution is -2.38. The number of likely N-dealkylation sites (tertiary alicyclic amines) is 1. The average Bonchev–Trinajstić information content (AvgIpc) is 2.87. The number of benzene rings is 1. The quantitative estimate of drug-likeness (QED) is 0.859. The van der Waals surface area contributed by atoms with Crippen LogP contribution in [-0.4, -0.2) is 59.3 Å². The van der Waals surface area contributed by atoms with E-state index in [4.69, 9.17) is 4.74 Å². The maximum absolute atomic E-state index is 12.3. The number of carbonyl (C=O) groups is 1. The largest absolute Gasteiger partial charge is 0.504 e. The number of amides is 1. The SMILES string of the molecule is COc1ccc(C2CN(C(=O)CSC)C[C@@]2(C)[C@@H](C)O)cc1O. The second-order valence-corrected chi connectivity index (χ2v) is 7.24. The number of aliphatic hydroxyl groups is 1. The summed E-state index contributed by atoms with van der Waals surface area (Å²) in [5.74, 6) is 0.985. The zero-order valence-corrected chi connectivity index (χ0v) is 14.9. The van der Waals surface area contributed by atoms with Crippen LogP contribution in [0.5, 0.6) is 11.5 Å². The highest BCUT2D eigenvalue weighted by molar-refractivity contribution is 7.99. The molecule has 0 aromatic heterocycles. The van der Waals surface area contributed by atoms with Crippen LogP contribution in [0.1, 0.15) is 25.3 Å². The number of aromatic hydroxyl groups is 1. The molecule has 1 aliphatic heterocycles. The maximum Gasteiger partial charge on any atom is 0.232 e. The Hall–Kier alpha value is -1.40. The molecule has 128 valence electrons. The molecule has 1 unspecified atom stereocenters. The molecule has 0 aliphatic carbocycles. The topological polar surface area (TPSA) is 70.0 Å². The number of phenolic OH excluding ortho intramolecular Hbond substituents is 1. The fourth-order valence-corrected chi connectivity index (χ4v) is 3.68. The van der Waals surface area contributed by atoms with E-state index >= 15 is 0 Å². The van der Waals surface area contributed by atoms with Crippen molar-refractivity contribution in [3.63, 3.8) is 0 Å². The molecule has 5 nitrogen and oxygen atoms in total. The summed E-state index contributed by atoms with van der Waals surface area (Å²) in [6, 6.07) is 5.29. The molecule has 1 saturated heterocycles. The summed E-state index contributed by atoms with van der Waals surface area (Å²) in [7, 11) is 1.51. The lowest BCUT2D eigenvalue weighted by Gasteiger charge is -2.33. The first-order valence-electron chi connectivity index (χ1n) is 7.65. The Morgan fingerprint density at radius 1 is 1.57 bits per heavy atom. The van der Waals surface area contributed by atoms with Crippen molar-refractivity contribution >= 4 is 17.7 Å². The molecular formula is C17H25NO4S. The number of rotatable bonds is 5. The van der Waals surface area contributed by atoms with Crippen LogP contribution in [0.15, 0.2) is 18.2 Å². The van der Waals surface area contributed by atoms with Gasteiger partial charge in [0, 0.05) is 24.4 Å². The molecule has 1 aliphatic rings. The maximum atomic E-state index is 12.3. The number of phenols is 1. The van der Waals surface area contributed by atoms with Gasteiger partial charge in [0.05, 0.1) is 19.0 Å². The summed E-state index contributed by atoms with van der Waals surface area (Å²) >= 11 is 1.50. The number of ether oxygens (including phenoxy) is 1. The second kappa shape index (κ2) is 7.01. The third-order valence-corrected chi connectivity index (χ3v) is 5.45. The van der Waals surface area contributed by atoms with E-state index in [1.54, 1.807) is 19.1 Å². The monoisotopic (exact) mass is 339 g/mol. The van der Waals surface area contributed by atoms with Crippen molar-refractivity contribution in [2.75, 3.05) is 32.2 Å². The number of methoxy groups -OCH3 is 1. The Bertz CT molecular complexity index is 578. The van der Waals surface area contributed by atoms with Crippen molar-refractivity contribution in [1.82, 2.24) is 4.90 Å². The van der Waals surface area contributed by atoms with Crippen LogP contribution >= 0.6 is 11.8 Å². The smallest absolute Gasteiger partial charge is 0.232 e. The Labute approximate surface area is 141 Å². The molecule has 1 fully saturated rings. The minimum Gasteiger partial charge on any atom is -0.504 e. The number of hydrogen-bond donors (Lipinski definition) is 2. The van der Waals surface area contributed by atoms with Gasteiger partial charge in [-0.1, -0.05) is 13.0 Å². The summed E-state index contributed by atoms with van der Waals surface area (Å²) in [6.07, 6.45) is 1.34. The molecule has 23 heavy (non-hydrogen) atoms. The van der Waals surface area contributed by atoms with Gasteiger partial charge in [0.25, 0.3) is 0 Å². The van der Waals surface area contributed by atoms with Crippen LogP contribution in [0.25, 0.3) is 0 Å². The van der Waals surface area contributed by atoms with Crippen molar-refractivity contribution in [3.8, 4) is 11.5 Å². The molecule has 0 radical (unpaired) electrons. The summed E-state index contributed by atoms with van der Waals surface area (Å²) in [5, 5.41) is 20.4. The first kappa shape index (κ1) is 17.9. The average molecular weight is 339 g/mol. The van der Waals surface area contributed by atoms with Crippen molar-refractivity contribution in [1.29, 1.82) is 0 Å². The van der Waals surface area contributed by atoms with Gasteiger partial charge in [-0.2, -0.15) is 11.8 Å². The first-order valence-corrected chi connectivity index (χ1v) is 9.04. The molecule has 3 atom stereocenters. The van der Waals surface area contributed by atoms with Gasteiger partial charge in [-0.05, 0) is 30.9 Å². The van der Waals surface area contributed by atoms with E-state index in [0.29, 0.717) is 24.6 Å². The van der Waals surface area contributed by atoms with Gasteiger partial charge in [0.2, 0.25) is 5.91 Å². The second-order valence-electron chi connectivity index (χ2n) is 6.37. The molecule has 1 heterocycles. The van der Waals surface area contributed by atoms with Gasteiger partial charge < -0.3 is 19.8 Å². The van der Waals surface area contributed by atoms with E-state index < -0.39 is 11.5 Å². The van der Waals surface area contributed by atoms with Crippen molar-refractivity contribution in [2.24, 2.45) is 5.41 Å². The van der Waals surface area contributed by atoms with Gasteiger partial charge in [0.15, 0.2) is 11.5 Å². The van der Waals surface area contributed by atoms with Gasteiger partial charge in [0.1, 0.15) is 0 Å². The van der Waals surface area contributed by atoms with Crippen molar-refractivity contribution in [3.05, 3.63) is 23.8 Å². The molecule has 1 amide bonds. The van der Waals surface area contributed by atoms with E-state index in [1.807, 2.05) is 24.1 Å². The molecule has 1 aromatic carbocycles. The molecule has 0 saturated carbocycles. The highest BCUT2D eigenvalue weighted by atomic mass is 32.2. The van der Waals surface area contributed by atoms with Gasteiger partial charge in [-0.15, -0.1) is 0 Å². The molecular weight excluding hydrogens is 314 g/mol. The predicted molar refractivity (Wildman–Crippen MR) is 92.1 cm³/mol. The van der Waals surface area contributed by atoms with Crippen LogP contribution < -0.4 is 4.74 Å². The Morgan fingerprint density at radius 3 is 2.78 bits per heavy atom. The van der Waals surface area contributed by atoms with Crippen LogP contribution in [0.2, 0.25) is 0 Å². The van der Waals surface area contributed by atoms with Gasteiger partial charge >= 0.3 is 0 Å². The number of hydrogen-bond acceptors (Lipinski definition) is 5. The number of thioether (sulfide) groups is 1. The Morgan fingerprint density at radius 2 is 2.26 bits per heavy atom. The lowest BCUT2D eigenvalue weighted by atomic mass is 9.72. The molecule has 0 bridgehead atoms. The summed E-state index contributed by atoms with van der Waals surface area (Å²) < 4.78 is 5.09. The van der Waals surface area contributed by atoms with E-state index in [0.717, 1.165) is 5.56 Å². The molecule has 6 heteroatoms. The molecule has 2 N–H and O–H groups in total. The minimum absolute atomic E-state index is 0.0369. The number of nitrogens with zero attached hydrogens (tertiary/aromatic N) is 1. The predicted octanol–water partition coefficient (Wildman–Crippen LogP) is 2.08. The number of carbonyl (C=O) groups excluding carboxylic acids is 1. The van der Waals surface area contributed by atoms with Crippen LogP contribution in [0, 0.1) is 5.41 Å². The van der Waals surface area contributed by atoms with Gasteiger partial charge in [-0.3, -0.25) is 4.79 Å². The minimum atomic E-state index is -0.566. The van der Waals surface area contributed by atoms with Crippen LogP contribution in [0.3, 0.4) is 0 Å². The fourth-order valence-electron chi connectivity index (χ4n) is 3.25. The fraction of sp³-hybridized carbons (Fsp3) is 0.588. The Kier molecular flexibility index (Phi) is 5.47. The zero-order chi connectivity index (χ0) is 17.2. The first-order chi connectivity index (χ1) is 10.8. The third kappa shape index (κ3) is 3.43. The van der Waals surface area contributed by atoms with E-state index in [-0.39, 0.29) is 17.6 Å². The zero-order valence-electron chi connectivity index (χ0n) is 14.1. The van der Waals surface area contributed by atoms with E-state index in [9.17, 15) is 15.0 Å². The standard InChI is InChI=1S/C17H25NO4S/c1-11(19)17(2)10-18(16(21)9-23-4)8-13(17)12-5-6-15(22-3)14(20)7-12/h5-7,11,13,19-20H,8-10H2,1-4H3/t11-,13?,17+/m1/s1. The Balaban J connectivity index is 2.34. The summed E-state index contributed by atoms with van der Waals surface area (Å²) in [5.41, 5.74) is 0.459. The highest BCUT2D eigenvalue weighted by Gasteiger charge is 2.48. The van der Waals surface area contributed by atoms with E-state index in [1.165, 1.54) is 18.9 Å².